The first-order chi connectivity index (χ1) is 14.5. The SMILES string of the molecule is CN(Cc1ccn(CN(C)c2nnc(N(C)Cc3cccs3)[nH]2)c1)c1nnc(N)[nH]1. The molecule has 0 aromatic carbocycles. The first kappa shape index (κ1) is 19.8. The van der Waals surface area contributed by atoms with Crippen molar-refractivity contribution in [2.24, 2.45) is 0 Å². The van der Waals surface area contributed by atoms with Gasteiger partial charge in [-0.05, 0) is 23.1 Å². The summed E-state index contributed by atoms with van der Waals surface area (Å²) < 4.78 is 2.09. The lowest BCUT2D eigenvalue weighted by molar-refractivity contribution is 0.671. The molecule has 0 atom stereocenters. The number of nitrogens with two attached hydrogens (primary N) is 1. The van der Waals surface area contributed by atoms with Crippen LogP contribution in [0.3, 0.4) is 0 Å². The third kappa shape index (κ3) is 4.54. The Morgan fingerprint density at radius 2 is 1.63 bits per heavy atom. The summed E-state index contributed by atoms with van der Waals surface area (Å²) in [6, 6.07) is 6.24. The van der Waals surface area contributed by atoms with Gasteiger partial charge in [0, 0.05) is 45.0 Å². The van der Waals surface area contributed by atoms with Gasteiger partial charge in [-0.2, -0.15) is 0 Å². The zero-order valence-electron chi connectivity index (χ0n) is 17.1. The van der Waals surface area contributed by atoms with Crippen LogP contribution >= 0.6 is 11.3 Å². The number of H-pyrrole nitrogens is 2. The van der Waals surface area contributed by atoms with Gasteiger partial charge in [0.05, 0.1) is 13.2 Å². The minimum atomic E-state index is 0.309. The Labute approximate surface area is 178 Å². The zero-order valence-corrected chi connectivity index (χ0v) is 18.0. The summed E-state index contributed by atoms with van der Waals surface area (Å²) in [5.74, 6) is 2.40. The maximum absolute atomic E-state index is 5.60. The maximum Gasteiger partial charge on any atom is 0.227 e. The summed E-state index contributed by atoms with van der Waals surface area (Å²) in [5.41, 5.74) is 6.74. The molecule has 0 aliphatic carbocycles. The molecule has 12 heteroatoms. The standard InChI is InChI=1S/C18H25N11S/c1-26(16-20-15(19)22-23-16)9-13-6-7-29(10-13)12-28(3)18-21-17(24-25-18)27(2)11-14-5-4-8-30-14/h4-8,10H,9,11-12H2,1-3H3,(H,21,24,25)(H3,19,20,22,23). The molecule has 0 spiro atoms. The molecule has 0 fully saturated rings. The topological polar surface area (TPSA) is 124 Å². The summed E-state index contributed by atoms with van der Waals surface area (Å²) in [5, 5.41) is 18.4. The minimum absolute atomic E-state index is 0.309. The highest BCUT2D eigenvalue weighted by molar-refractivity contribution is 7.09. The lowest BCUT2D eigenvalue weighted by Gasteiger charge is -2.17. The minimum Gasteiger partial charge on any atom is -0.368 e. The second-order valence-electron chi connectivity index (χ2n) is 7.17. The number of rotatable bonds is 9. The van der Waals surface area contributed by atoms with E-state index >= 15 is 0 Å². The van der Waals surface area contributed by atoms with E-state index in [2.05, 4.69) is 69.6 Å². The molecule has 0 aliphatic heterocycles. The number of nitrogen functional groups attached to an aromatic ring is 1. The smallest absolute Gasteiger partial charge is 0.227 e. The van der Waals surface area contributed by atoms with E-state index in [-0.39, 0.29) is 0 Å². The molecule has 0 amide bonds. The van der Waals surface area contributed by atoms with Gasteiger partial charge in [-0.15, -0.1) is 31.7 Å². The second kappa shape index (κ2) is 8.45. The average molecular weight is 428 g/mol. The molecule has 11 nitrogen and oxygen atoms in total. The van der Waals surface area contributed by atoms with Crippen molar-refractivity contribution in [3.05, 3.63) is 46.4 Å². The van der Waals surface area contributed by atoms with Gasteiger partial charge in [0.2, 0.25) is 23.8 Å². The Hall–Kier alpha value is -3.54. The van der Waals surface area contributed by atoms with Gasteiger partial charge in [0.1, 0.15) is 0 Å². The summed E-state index contributed by atoms with van der Waals surface area (Å²) >= 11 is 1.73. The zero-order chi connectivity index (χ0) is 21.1. The summed E-state index contributed by atoms with van der Waals surface area (Å²) in [6.45, 7) is 2.12. The molecule has 4 aromatic rings. The van der Waals surface area contributed by atoms with Gasteiger partial charge < -0.3 is 25.0 Å². The highest BCUT2D eigenvalue weighted by atomic mass is 32.1. The predicted molar refractivity (Wildman–Crippen MR) is 119 cm³/mol. The third-order valence-electron chi connectivity index (χ3n) is 4.62. The molecule has 4 N–H and O–H groups in total. The molecule has 0 unspecified atom stereocenters. The number of nitrogens with one attached hydrogen (secondary N) is 2. The molecular formula is C18H25N11S. The molecule has 4 heterocycles. The van der Waals surface area contributed by atoms with E-state index in [4.69, 9.17) is 5.73 Å². The fraction of sp³-hybridized carbons (Fsp3) is 0.333. The van der Waals surface area contributed by atoms with E-state index in [1.54, 1.807) is 11.3 Å². The van der Waals surface area contributed by atoms with Crippen molar-refractivity contribution in [3.8, 4) is 0 Å². The van der Waals surface area contributed by atoms with Crippen LogP contribution < -0.4 is 20.4 Å². The number of hydrogen-bond acceptors (Lipinski definition) is 9. The average Bonchev–Trinajstić information content (AvgIpc) is 3.49. The molecular weight excluding hydrogens is 402 g/mol. The molecule has 30 heavy (non-hydrogen) atoms. The molecule has 0 saturated heterocycles. The monoisotopic (exact) mass is 427 g/mol. The highest BCUT2D eigenvalue weighted by Crippen LogP contribution is 2.17. The van der Waals surface area contributed by atoms with Crippen LogP contribution in [0.2, 0.25) is 0 Å². The van der Waals surface area contributed by atoms with Crippen molar-refractivity contribution in [2.75, 3.05) is 41.6 Å². The number of aromatic amines is 2. The Kier molecular flexibility index (Phi) is 5.57. The number of nitrogens with zero attached hydrogens (tertiary/aromatic N) is 8. The van der Waals surface area contributed by atoms with Gasteiger partial charge in [0.15, 0.2) is 0 Å². The lowest BCUT2D eigenvalue weighted by atomic mass is 10.3. The summed E-state index contributed by atoms with van der Waals surface area (Å²) in [6.07, 6.45) is 4.13. The molecule has 4 aromatic heterocycles. The Morgan fingerprint density at radius 3 is 2.33 bits per heavy atom. The second-order valence-corrected chi connectivity index (χ2v) is 8.20. The van der Waals surface area contributed by atoms with Gasteiger partial charge in [-0.1, -0.05) is 6.07 Å². The van der Waals surface area contributed by atoms with Crippen LogP contribution in [0.1, 0.15) is 10.4 Å². The van der Waals surface area contributed by atoms with Crippen molar-refractivity contribution >= 4 is 35.1 Å². The van der Waals surface area contributed by atoms with Crippen molar-refractivity contribution in [2.45, 2.75) is 19.8 Å². The number of thiophene rings is 1. The van der Waals surface area contributed by atoms with E-state index < -0.39 is 0 Å². The fourth-order valence-corrected chi connectivity index (χ4v) is 3.83. The number of anilines is 4. The summed E-state index contributed by atoms with van der Waals surface area (Å²) in [4.78, 5) is 13.5. The molecule has 0 radical (unpaired) electrons. The van der Waals surface area contributed by atoms with E-state index in [9.17, 15) is 0 Å². The van der Waals surface area contributed by atoms with E-state index in [0.29, 0.717) is 31.1 Å². The molecule has 158 valence electrons. The highest BCUT2D eigenvalue weighted by Gasteiger charge is 2.13. The first-order valence-electron chi connectivity index (χ1n) is 9.39. The first-order valence-corrected chi connectivity index (χ1v) is 10.3. The Morgan fingerprint density at radius 1 is 0.933 bits per heavy atom. The van der Waals surface area contributed by atoms with Crippen LogP contribution in [0.25, 0.3) is 0 Å². The van der Waals surface area contributed by atoms with E-state index in [1.165, 1.54) is 4.88 Å². The van der Waals surface area contributed by atoms with Gasteiger partial charge >= 0.3 is 0 Å². The van der Waals surface area contributed by atoms with Gasteiger partial charge in [0.25, 0.3) is 0 Å². The predicted octanol–water partition coefficient (Wildman–Crippen LogP) is 1.73. The van der Waals surface area contributed by atoms with Crippen LogP contribution in [-0.4, -0.2) is 56.1 Å². The normalized spacial score (nSPS) is 11.0. The Balaban J connectivity index is 1.34. The number of hydrogen-bond donors (Lipinski definition) is 3. The third-order valence-corrected chi connectivity index (χ3v) is 5.48. The van der Waals surface area contributed by atoms with E-state index in [1.807, 2.05) is 37.1 Å². The van der Waals surface area contributed by atoms with Crippen LogP contribution in [0.5, 0.6) is 0 Å². The van der Waals surface area contributed by atoms with Gasteiger partial charge in [-0.25, -0.2) is 0 Å². The van der Waals surface area contributed by atoms with Crippen LogP contribution in [-0.2, 0) is 19.8 Å². The molecule has 0 bridgehead atoms. The molecule has 0 aliphatic rings. The summed E-state index contributed by atoms with van der Waals surface area (Å²) in [7, 11) is 5.92. The maximum atomic E-state index is 5.60. The largest absolute Gasteiger partial charge is 0.368 e. The fourth-order valence-electron chi connectivity index (χ4n) is 3.07. The Bertz CT molecular complexity index is 1060. The van der Waals surface area contributed by atoms with Crippen LogP contribution in [0.15, 0.2) is 36.0 Å². The lowest BCUT2D eigenvalue weighted by Crippen LogP contribution is -2.22. The van der Waals surface area contributed by atoms with Crippen LogP contribution in [0, 0.1) is 0 Å². The molecule has 0 saturated carbocycles. The number of aromatic nitrogens is 7. The van der Waals surface area contributed by atoms with Crippen LogP contribution in [0.4, 0.5) is 23.8 Å². The quantitative estimate of drug-likeness (QED) is 0.369. The van der Waals surface area contributed by atoms with Crippen molar-refractivity contribution < 1.29 is 0 Å². The van der Waals surface area contributed by atoms with Crippen molar-refractivity contribution in [1.29, 1.82) is 0 Å². The van der Waals surface area contributed by atoms with Gasteiger partial charge in [-0.3, -0.25) is 9.97 Å². The molecule has 4 rings (SSSR count). The van der Waals surface area contributed by atoms with Crippen molar-refractivity contribution in [1.82, 2.24) is 34.9 Å². The van der Waals surface area contributed by atoms with E-state index in [0.717, 1.165) is 18.1 Å². The van der Waals surface area contributed by atoms with Crippen molar-refractivity contribution in [3.63, 3.8) is 0 Å².